The monoisotopic (exact) mass is 386 g/mol. The highest BCUT2D eigenvalue weighted by Gasteiger charge is 2.46. The van der Waals surface area contributed by atoms with E-state index in [2.05, 4.69) is 15.4 Å². The van der Waals surface area contributed by atoms with Crippen LogP contribution in [0.5, 0.6) is 0 Å². The molecule has 1 aromatic carbocycles. The first kappa shape index (κ1) is 18.9. The fourth-order valence-electron chi connectivity index (χ4n) is 4.52. The van der Waals surface area contributed by atoms with Crippen molar-refractivity contribution in [3.05, 3.63) is 41.8 Å². The zero-order valence-electron chi connectivity index (χ0n) is 16.3. The van der Waals surface area contributed by atoms with Gasteiger partial charge in [0.25, 0.3) is 0 Å². The molecule has 3 nitrogen and oxygen atoms in total. The minimum Gasteiger partial charge on any atom is -0.591 e. The number of rotatable bonds is 2. The van der Waals surface area contributed by atoms with Crippen molar-refractivity contribution in [1.29, 1.82) is 0 Å². The molecule has 0 N–H and O–H groups in total. The summed E-state index contributed by atoms with van der Waals surface area (Å²) in [4.78, 5) is 4.38. The van der Waals surface area contributed by atoms with Gasteiger partial charge in [-0.1, -0.05) is 4.40 Å². The van der Waals surface area contributed by atoms with Crippen LogP contribution in [0, 0.1) is 11.2 Å². The molecule has 2 aromatic rings. The molecule has 0 saturated heterocycles. The van der Waals surface area contributed by atoms with Crippen molar-refractivity contribution < 1.29 is 8.94 Å². The molecule has 1 spiro atoms. The summed E-state index contributed by atoms with van der Waals surface area (Å²) in [6.07, 6.45) is 8.39. The summed E-state index contributed by atoms with van der Waals surface area (Å²) in [5.41, 5.74) is 3.58. The standard InChI is InChI=1S/C22H27FN2OS/c1-21(2,3)27(26)25-17-13-22(14-17)9-6-15(7-10-22)18-8-11-24-20-5-4-16(23)12-19(18)20/h4-5,8,11-12,15H,6-7,9-10,13-14H2,1-3H3/t15?,22?,27-/m1/s1. The van der Waals surface area contributed by atoms with Crippen LogP contribution in [-0.4, -0.2) is 20.0 Å². The van der Waals surface area contributed by atoms with Gasteiger partial charge >= 0.3 is 0 Å². The second kappa shape index (κ2) is 6.85. The summed E-state index contributed by atoms with van der Waals surface area (Å²) in [6.45, 7) is 5.90. The Balaban J connectivity index is 1.44. The second-order valence-electron chi connectivity index (χ2n) is 9.21. The van der Waals surface area contributed by atoms with Gasteiger partial charge in [0.05, 0.1) is 11.2 Å². The molecule has 0 bridgehead atoms. The molecule has 1 aromatic heterocycles. The van der Waals surface area contributed by atoms with Gasteiger partial charge in [0, 0.05) is 11.6 Å². The summed E-state index contributed by atoms with van der Waals surface area (Å²) in [7, 11) is 0. The SMILES string of the molecule is CC(C)(C)[S@@+]([O-])N=C1CC2(CCC(c3ccnc4ccc(F)cc34)CC2)C1. The lowest BCUT2D eigenvalue weighted by Gasteiger charge is -2.47. The number of halogens is 1. The van der Waals surface area contributed by atoms with Crippen molar-refractivity contribution in [3.63, 3.8) is 0 Å². The van der Waals surface area contributed by atoms with Crippen LogP contribution in [0.3, 0.4) is 0 Å². The molecular weight excluding hydrogens is 359 g/mol. The lowest BCUT2D eigenvalue weighted by molar-refractivity contribution is 0.158. The average molecular weight is 387 g/mol. The van der Waals surface area contributed by atoms with Gasteiger partial charge in [-0.05, 0) is 100 Å². The van der Waals surface area contributed by atoms with Gasteiger partial charge in [0.1, 0.15) is 21.9 Å². The molecule has 2 fully saturated rings. The molecule has 0 aliphatic heterocycles. The van der Waals surface area contributed by atoms with Crippen LogP contribution in [0.25, 0.3) is 10.9 Å². The van der Waals surface area contributed by atoms with Crippen LogP contribution >= 0.6 is 0 Å². The third-order valence-electron chi connectivity index (χ3n) is 6.12. The quantitative estimate of drug-likeness (QED) is 0.620. The molecule has 2 aliphatic carbocycles. The number of hydrogen-bond donors (Lipinski definition) is 0. The van der Waals surface area contributed by atoms with Gasteiger partial charge in [0.2, 0.25) is 0 Å². The zero-order chi connectivity index (χ0) is 19.2. The molecule has 144 valence electrons. The fraction of sp³-hybridized carbons (Fsp3) is 0.545. The minimum atomic E-state index is -1.15. The van der Waals surface area contributed by atoms with E-state index in [1.54, 1.807) is 12.1 Å². The Morgan fingerprint density at radius 1 is 1.19 bits per heavy atom. The Labute approximate surface area is 163 Å². The van der Waals surface area contributed by atoms with Crippen molar-refractivity contribution in [2.75, 3.05) is 0 Å². The van der Waals surface area contributed by atoms with Gasteiger partial charge in [-0.15, -0.1) is 0 Å². The summed E-state index contributed by atoms with van der Waals surface area (Å²) < 4.78 is 30.1. The van der Waals surface area contributed by atoms with E-state index in [4.69, 9.17) is 0 Å². The number of aromatic nitrogens is 1. The van der Waals surface area contributed by atoms with E-state index >= 15 is 0 Å². The van der Waals surface area contributed by atoms with Crippen molar-refractivity contribution in [1.82, 2.24) is 4.98 Å². The number of benzene rings is 1. The Morgan fingerprint density at radius 3 is 2.56 bits per heavy atom. The maximum atomic E-state index is 13.7. The van der Waals surface area contributed by atoms with Crippen molar-refractivity contribution in [2.24, 2.45) is 9.81 Å². The van der Waals surface area contributed by atoms with E-state index in [-0.39, 0.29) is 10.6 Å². The lowest BCUT2D eigenvalue weighted by atomic mass is 9.57. The summed E-state index contributed by atoms with van der Waals surface area (Å²) >= 11 is -1.15. The number of nitrogens with zero attached hydrogens (tertiary/aromatic N) is 2. The van der Waals surface area contributed by atoms with Crippen molar-refractivity contribution in [2.45, 2.75) is 70.0 Å². The van der Waals surface area contributed by atoms with Gasteiger partial charge in [-0.25, -0.2) is 4.39 Å². The molecule has 2 saturated carbocycles. The highest BCUT2D eigenvalue weighted by Crippen LogP contribution is 2.54. The van der Waals surface area contributed by atoms with Crippen LogP contribution < -0.4 is 0 Å². The highest BCUT2D eigenvalue weighted by molar-refractivity contribution is 7.91. The molecule has 1 atom stereocenters. The number of fused-ring (bicyclic) bond motifs is 1. The summed E-state index contributed by atoms with van der Waals surface area (Å²) in [5.74, 6) is 0.267. The van der Waals surface area contributed by atoms with Gasteiger partial charge < -0.3 is 4.55 Å². The van der Waals surface area contributed by atoms with Gasteiger partial charge in [-0.2, -0.15) is 0 Å². The molecule has 5 heteroatoms. The molecule has 27 heavy (non-hydrogen) atoms. The molecule has 0 amide bonds. The predicted molar refractivity (Wildman–Crippen MR) is 110 cm³/mol. The molecule has 4 rings (SSSR count). The Bertz CT molecular complexity index is 872. The van der Waals surface area contributed by atoms with Gasteiger partial charge in [0.15, 0.2) is 0 Å². The van der Waals surface area contributed by atoms with E-state index in [0.29, 0.717) is 11.3 Å². The second-order valence-corrected chi connectivity index (χ2v) is 11.1. The van der Waals surface area contributed by atoms with E-state index in [9.17, 15) is 8.94 Å². The molecular formula is C22H27FN2OS. The van der Waals surface area contributed by atoms with E-state index in [1.807, 2.05) is 27.0 Å². The van der Waals surface area contributed by atoms with Crippen molar-refractivity contribution >= 4 is 28.0 Å². The van der Waals surface area contributed by atoms with E-state index in [0.717, 1.165) is 55.1 Å². The van der Waals surface area contributed by atoms with Crippen LogP contribution in [0.15, 0.2) is 34.9 Å². The first-order valence-corrected chi connectivity index (χ1v) is 10.9. The first-order valence-electron chi connectivity index (χ1n) is 9.78. The van der Waals surface area contributed by atoms with Crippen LogP contribution in [0.4, 0.5) is 4.39 Å². The number of hydrogen-bond acceptors (Lipinski definition) is 3. The predicted octanol–water partition coefficient (Wildman–Crippen LogP) is 5.71. The van der Waals surface area contributed by atoms with Crippen LogP contribution in [-0.2, 0) is 11.4 Å². The molecule has 2 aliphatic rings. The van der Waals surface area contributed by atoms with Gasteiger partial charge in [-0.3, -0.25) is 4.98 Å². The Hall–Kier alpha value is -1.46. The van der Waals surface area contributed by atoms with Crippen LogP contribution in [0.2, 0.25) is 0 Å². The Kier molecular flexibility index (Phi) is 4.79. The van der Waals surface area contributed by atoms with E-state index < -0.39 is 11.4 Å². The maximum Gasteiger partial charge on any atom is 0.144 e. The molecule has 0 radical (unpaired) electrons. The first-order chi connectivity index (χ1) is 12.8. The maximum absolute atomic E-state index is 13.7. The molecule has 1 heterocycles. The topological polar surface area (TPSA) is 48.3 Å². The molecule has 0 unspecified atom stereocenters. The fourth-order valence-corrected chi connectivity index (χ4v) is 5.16. The van der Waals surface area contributed by atoms with Crippen LogP contribution in [0.1, 0.15) is 70.8 Å². The average Bonchev–Trinajstić information content (AvgIpc) is 2.59. The smallest absolute Gasteiger partial charge is 0.144 e. The third kappa shape index (κ3) is 3.77. The van der Waals surface area contributed by atoms with E-state index in [1.165, 1.54) is 11.6 Å². The zero-order valence-corrected chi connectivity index (χ0v) is 17.1. The Morgan fingerprint density at radius 2 is 1.89 bits per heavy atom. The third-order valence-corrected chi connectivity index (χ3v) is 7.59. The van der Waals surface area contributed by atoms with Crippen molar-refractivity contribution in [3.8, 4) is 0 Å². The summed E-state index contributed by atoms with van der Waals surface area (Å²) in [6, 6.07) is 6.93. The highest BCUT2D eigenvalue weighted by atomic mass is 32.2. The minimum absolute atomic E-state index is 0.198. The largest absolute Gasteiger partial charge is 0.591 e. The lowest BCUT2D eigenvalue weighted by Crippen LogP contribution is -2.41. The summed E-state index contributed by atoms with van der Waals surface area (Å²) in [5, 5.41) is 0.954. The normalized spacial score (nSPS) is 26.9. The number of pyridine rings is 1.